The highest BCUT2D eigenvalue weighted by Gasteiger charge is 2.43. The fourth-order valence-corrected chi connectivity index (χ4v) is 8.68. The average molecular weight is 483 g/mol. The van der Waals surface area contributed by atoms with Gasteiger partial charge in [-0.3, -0.25) is 0 Å². The summed E-state index contributed by atoms with van der Waals surface area (Å²) in [6, 6.07) is 0. The molecule has 0 radical (unpaired) electrons. The lowest BCUT2D eigenvalue weighted by Crippen LogP contribution is -2.42. The molecule has 0 amide bonds. The van der Waals surface area contributed by atoms with Gasteiger partial charge in [-0.05, 0) is 112 Å². The highest BCUT2D eigenvalue weighted by Crippen LogP contribution is 2.46. The van der Waals surface area contributed by atoms with Crippen LogP contribution in [0.3, 0.4) is 0 Å². The molecule has 0 aromatic heterocycles. The van der Waals surface area contributed by atoms with Crippen LogP contribution in [-0.2, 0) is 0 Å². The Balaban J connectivity index is 1.13. The van der Waals surface area contributed by atoms with Crippen molar-refractivity contribution in [3.63, 3.8) is 0 Å². The van der Waals surface area contributed by atoms with Crippen LogP contribution in [0.25, 0.3) is 0 Å². The van der Waals surface area contributed by atoms with Crippen LogP contribution in [0.4, 0.5) is 13.2 Å². The van der Waals surface area contributed by atoms with Crippen molar-refractivity contribution in [2.75, 3.05) is 0 Å². The van der Waals surface area contributed by atoms with Gasteiger partial charge in [0.25, 0.3) is 0 Å². The first-order valence-electron chi connectivity index (χ1n) is 15.4. The minimum atomic E-state index is -1.23. The van der Waals surface area contributed by atoms with E-state index in [4.69, 9.17) is 0 Å². The normalized spacial score (nSPS) is 46.3. The summed E-state index contributed by atoms with van der Waals surface area (Å²) in [5.41, 5.74) is 0. The smallest absolute Gasteiger partial charge is 0.134 e. The van der Waals surface area contributed by atoms with Gasteiger partial charge in [0.2, 0.25) is 0 Å². The maximum absolute atomic E-state index is 15.2. The highest BCUT2D eigenvalue weighted by atomic mass is 19.2. The number of rotatable bonds is 8. The van der Waals surface area contributed by atoms with E-state index in [1.54, 1.807) is 0 Å². The van der Waals surface area contributed by atoms with Crippen molar-refractivity contribution < 1.29 is 13.2 Å². The standard InChI is InChI=1S/C31H53F3/c1-3-5-22-11-16-25(17-12-22)28-19-18-26(30(33)31(28)34)7-4-6-23-9-14-24(15-10-23)27-13-8-21(2)29(32)20-27/h21-31H,3-20H2,1-2H3. The average Bonchev–Trinajstić information content (AvgIpc) is 2.85. The molecule has 0 aromatic carbocycles. The first-order valence-corrected chi connectivity index (χ1v) is 15.4. The van der Waals surface area contributed by atoms with Crippen LogP contribution in [0.2, 0.25) is 0 Å². The second kappa shape index (κ2) is 12.8. The molecule has 4 aliphatic rings. The van der Waals surface area contributed by atoms with Gasteiger partial charge in [0.1, 0.15) is 18.5 Å². The fourth-order valence-electron chi connectivity index (χ4n) is 8.68. The molecular weight excluding hydrogens is 429 g/mol. The first-order chi connectivity index (χ1) is 16.5. The number of hydrogen-bond donors (Lipinski definition) is 0. The van der Waals surface area contributed by atoms with Crippen molar-refractivity contribution in [3.05, 3.63) is 0 Å². The summed E-state index contributed by atoms with van der Waals surface area (Å²) < 4.78 is 44.5. The molecule has 4 fully saturated rings. The summed E-state index contributed by atoms with van der Waals surface area (Å²) in [4.78, 5) is 0. The molecule has 0 aliphatic heterocycles. The Morgan fingerprint density at radius 1 is 0.588 bits per heavy atom. The van der Waals surface area contributed by atoms with Gasteiger partial charge < -0.3 is 0 Å². The van der Waals surface area contributed by atoms with E-state index < -0.39 is 18.5 Å². The largest absolute Gasteiger partial charge is 0.247 e. The molecule has 34 heavy (non-hydrogen) atoms. The van der Waals surface area contributed by atoms with E-state index >= 15 is 8.78 Å². The number of hydrogen-bond acceptors (Lipinski definition) is 0. The molecule has 0 heterocycles. The van der Waals surface area contributed by atoms with Gasteiger partial charge in [-0.15, -0.1) is 0 Å². The monoisotopic (exact) mass is 482 g/mol. The van der Waals surface area contributed by atoms with Crippen LogP contribution >= 0.6 is 0 Å². The van der Waals surface area contributed by atoms with Crippen molar-refractivity contribution in [2.45, 2.75) is 148 Å². The Bertz CT molecular complexity index is 577. The van der Waals surface area contributed by atoms with Crippen LogP contribution in [-0.4, -0.2) is 18.5 Å². The van der Waals surface area contributed by atoms with Gasteiger partial charge in [0.05, 0.1) is 0 Å². The van der Waals surface area contributed by atoms with E-state index in [0.29, 0.717) is 11.8 Å². The third-order valence-electron chi connectivity index (χ3n) is 11.1. The molecule has 7 atom stereocenters. The maximum Gasteiger partial charge on any atom is 0.134 e. The number of alkyl halides is 3. The Morgan fingerprint density at radius 3 is 1.85 bits per heavy atom. The second-order valence-corrected chi connectivity index (χ2v) is 13.2. The summed E-state index contributed by atoms with van der Waals surface area (Å²) in [5.74, 6) is 3.55. The molecular formula is C31H53F3. The minimum absolute atomic E-state index is 0.0178. The lowest BCUT2D eigenvalue weighted by atomic mass is 9.66. The lowest BCUT2D eigenvalue weighted by molar-refractivity contribution is -0.0151. The van der Waals surface area contributed by atoms with Crippen LogP contribution < -0.4 is 0 Å². The summed E-state index contributed by atoms with van der Waals surface area (Å²) >= 11 is 0. The lowest BCUT2D eigenvalue weighted by Gasteiger charge is -2.41. The molecule has 4 saturated carbocycles. The molecule has 0 spiro atoms. The summed E-state index contributed by atoms with van der Waals surface area (Å²) in [6.07, 6.45) is 17.3. The van der Waals surface area contributed by atoms with Gasteiger partial charge in [-0.1, -0.05) is 65.2 Å². The van der Waals surface area contributed by atoms with Gasteiger partial charge in [0, 0.05) is 0 Å². The van der Waals surface area contributed by atoms with E-state index in [2.05, 4.69) is 13.8 Å². The van der Waals surface area contributed by atoms with Gasteiger partial charge >= 0.3 is 0 Å². The minimum Gasteiger partial charge on any atom is -0.247 e. The maximum atomic E-state index is 15.2. The van der Waals surface area contributed by atoms with E-state index in [-0.39, 0.29) is 17.8 Å². The Labute approximate surface area is 208 Å². The van der Waals surface area contributed by atoms with E-state index in [0.717, 1.165) is 69.1 Å². The summed E-state index contributed by atoms with van der Waals surface area (Å²) in [7, 11) is 0. The molecule has 198 valence electrons. The zero-order valence-corrected chi connectivity index (χ0v) is 22.2. The Kier molecular flexibility index (Phi) is 10.1. The molecule has 0 saturated heterocycles. The second-order valence-electron chi connectivity index (χ2n) is 13.2. The molecule has 7 unspecified atom stereocenters. The zero-order valence-electron chi connectivity index (χ0n) is 22.2. The molecule has 4 aliphatic carbocycles. The predicted molar refractivity (Wildman–Crippen MR) is 137 cm³/mol. The van der Waals surface area contributed by atoms with Crippen LogP contribution in [0.15, 0.2) is 0 Å². The van der Waals surface area contributed by atoms with Crippen molar-refractivity contribution in [3.8, 4) is 0 Å². The Hall–Kier alpha value is -0.210. The molecule has 4 rings (SSSR count). The van der Waals surface area contributed by atoms with Crippen molar-refractivity contribution in [1.29, 1.82) is 0 Å². The van der Waals surface area contributed by atoms with E-state index in [9.17, 15) is 4.39 Å². The van der Waals surface area contributed by atoms with Gasteiger partial charge in [-0.2, -0.15) is 0 Å². The summed E-state index contributed by atoms with van der Waals surface area (Å²) in [6.45, 7) is 4.32. The third kappa shape index (κ3) is 6.76. The molecule has 0 nitrogen and oxygen atoms in total. The molecule has 0 N–H and O–H groups in total. The Morgan fingerprint density at radius 2 is 1.21 bits per heavy atom. The molecule has 0 aromatic rings. The zero-order chi connectivity index (χ0) is 24.1. The number of halogens is 3. The SMILES string of the molecule is CCCC1CCC(C2CCC(CCCC3CCC(C4CCC(C)C(F)C4)CC3)C(F)C2F)CC1. The van der Waals surface area contributed by atoms with Gasteiger partial charge in [-0.25, -0.2) is 13.2 Å². The first kappa shape index (κ1) is 26.8. The van der Waals surface area contributed by atoms with E-state index in [1.807, 2.05) is 0 Å². The van der Waals surface area contributed by atoms with Crippen LogP contribution in [0.5, 0.6) is 0 Å². The van der Waals surface area contributed by atoms with E-state index in [1.165, 1.54) is 64.2 Å². The molecule has 3 heteroatoms. The van der Waals surface area contributed by atoms with Crippen molar-refractivity contribution in [1.82, 2.24) is 0 Å². The fraction of sp³-hybridized carbons (Fsp3) is 1.00. The summed E-state index contributed by atoms with van der Waals surface area (Å²) in [5, 5.41) is 0. The van der Waals surface area contributed by atoms with Gasteiger partial charge in [0.15, 0.2) is 0 Å². The third-order valence-corrected chi connectivity index (χ3v) is 11.1. The predicted octanol–water partition coefficient (Wildman–Crippen LogP) is 10.0. The van der Waals surface area contributed by atoms with Crippen LogP contribution in [0, 0.1) is 47.3 Å². The quantitative estimate of drug-likeness (QED) is 0.323. The topological polar surface area (TPSA) is 0 Å². The van der Waals surface area contributed by atoms with Crippen molar-refractivity contribution >= 4 is 0 Å². The highest BCUT2D eigenvalue weighted by molar-refractivity contribution is 4.92. The van der Waals surface area contributed by atoms with Crippen molar-refractivity contribution in [2.24, 2.45) is 47.3 Å². The molecule has 0 bridgehead atoms. The van der Waals surface area contributed by atoms with Crippen LogP contribution in [0.1, 0.15) is 129 Å².